The van der Waals surface area contributed by atoms with Crippen molar-refractivity contribution in [3.8, 4) is 0 Å². The fourth-order valence-electron chi connectivity index (χ4n) is 6.13. The summed E-state index contributed by atoms with van der Waals surface area (Å²) >= 11 is 0. The highest BCUT2D eigenvalue weighted by Crippen LogP contribution is 2.55. The second-order valence-electron chi connectivity index (χ2n) is 11.8. The maximum atomic E-state index is 13.8. The lowest BCUT2D eigenvalue weighted by molar-refractivity contribution is -0.144. The topological polar surface area (TPSA) is 137 Å². The van der Waals surface area contributed by atoms with Crippen molar-refractivity contribution in [2.24, 2.45) is 23.7 Å². The zero-order valence-electron chi connectivity index (χ0n) is 24.2. The number of fused-ring (bicyclic) bond motifs is 1. The van der Waals surface area contributed by atoms with Gasteiger partial charge in [-0.1, -0.05) is 52.2 Å². The van der Waals surface area contributed by atoms with Crippen LogP contribution in [-0.2, 0) is 19.2 Å². The van der Waals surface area contributed by atoms with Crippen LogP contribution >= 0.6 is 0 Å². The van der Waals surface area contributed by atoms with Crippen LogP contribution in [0, 0.1) is 23.7 Å². The van der Waals surface area contributed by atoms with Crippen molar-refractivity contribution in [3.05, 3.63) is 25.3 Å². The highest BCUT2D eigenvalue weighted by atomic mass is 16.2. The van der Waals surface area contributed by atoms with Gasteiger partial charge in [0.1, 0.15) is 12.1 Å². The summed E-state index contributed by atoms with van der Waals surface area (Å²) < 4.78 is 0. The number of carbonyl (C=O) groups excluding carboxylic acids is 5. The van der Waals surface area contributed by atoms with Crippen molar-refractivity contribution in [1.29, 1.82) is 0 Å². The number of likely N-dealkylation sites (tertiary alicyclic amines) is 1. The fraction of sp³-hybridized carbons (Fsp3) is 0.700. The van der Waals surface area contributed by atoms with Gasteiger partial charge in [0.05, 0.1) is 6.04 Å². The van der Waals surface area contributed by atoms with Crippen LogP contribution in [-0.4, -0.2) is 71.7 Å². The number of carbonyl (C=O) groups is 5. The number of nitrogens with one attached hydrogen (secondary N) is 4. The number of rotatable bonds is 14. The molecule has 3 rings (SSSR count). The first-order valence-corrected chi connectivity index (χ1v) is 14.8. The molecule has 5 amide bonds. The van der Waals surface area contributed by atoms with Gasteiger partial charge >= 0.3 is 6.03 Å². The third kappa shape index (κ3) is 7.73. The van der Waals surface area contributed by atoms with Crippen LogP contribution in [0.1, 0.15) is 72.1 Å². The Bertz CT molecular complexity index is 976. The Morgan fingerprint density at radius 2 is 1.65 bits per heavy atom. The van der Waals surface area contributed by atoms with Crippen molar-refractivity contribution in [2.75, 3.05) is 13.1 Å². The van der Waals surface area contributed by atoms with Crippen molar-refractivity contribution in [2.45, 2.75) is 96.3 Å². The van der Waals surface area contributed by atoms with Crippen molar-refractivity contribution in [3.63, 3.8) is 0 Å². The van der Waals surface area contributed by atoms with Crippen molar-refractivity contribution >= 4 is 29.5 Å². The minimum atomic E-state index is -1.03. The van der Waals surface area contributed by atoms with Crippen LogP contribution in [0.25, 0.3) is 0 Å². The van der Waals surface area contributed by atoms with E-state index in [2.05, 4.69) is 41.3 Å². The number of allylic oxidation sites excluding steroid dienone is 1. The van der Waals surface area contributed by atoms with Crippen molar-refractivity contribution in [1.82, 2.24) is 26.2 Å². The molecular formula is C30H47N5O5. The van der Waals surface area contributed by atoms with Gasteiger partial charge in [-0.25, -0.2) is 4.79 Å². The Balaban J connectivity index is 1.70. The first-order chi connectivity index (χ1) is 19.1. The molecule has 1 heterocycles. The van der Waals surface area contributed by atoms with E-state index in [9.17, 15) is 24.0 Å². The van der Waals surface area contributed by atoms with Gasteiger partial charge in [-0.3, -0.25) is 19.2 Å². The Morgan fingerprint density at radius 3 is 2.27 bits per heavy atom. The summed E-state index contributed by atoms with van der Waals surface area (Å²) in [6.07, 6.45) is 9.64. The lowest BCUT2D eigenvalue weighted by Crippen LogP contribution is -2.60. The number of amides is 5. The van der Waals surface area contributed by atoms with Crippen LogP contribution in [0.15, 0.2) is 25.3 Å². The molecule has 2 saturated carbocycles. The minimum Gasteiger partial charge on any atom is -0.349 e. The number of hydrogen-bond acceptors (Lipinski definition) is 5. The first-order valence-electron chi connectivity index (χ1n) is 14.8. The van der Waals surface area contributed by atoms with Gasteiger partial charge in [0, 0.05) is 19.1 Å². The van der Waals surface area contributed by atoms with E-state index < -0.39 is 35.7 Å². The molecular weight excluding hydrogens is 510 g/mol. The average molecular weight is 558 g/mol. The van der Waals surface area contributed by atoms with Gasteiger partial charge in [0.15, 0.2) is 0 Å². The normalized spacial score (nSPS) is 25.2. The molecule has 0 aromatic heterocycles. The molecule has 3 aliphatic rings. The van der Waals surface area contributed by atoms with Gasteiger partial charge in [-0.05, 0) is 55.8 Å². The van der Waals surface area contributed by atoms with Crippen LogP contribution in [0.4, 0.5) is 4.79 Å². The second-order valence-corrected chi connectivity index (χ2v) is 11.8. The summed E-state index contributed by atoms with van der Waals surface area (Å²) in [6, 6.07) is -2.84. The Hall–Kier alpha value is -3.17. The molecule has 0 aromatic carbocycles. The maximum Gasteiger partial charge on any atom is 0.315 e. The summed E-state index contributed by atoms with van der Waals surface area (Å²) in [4.78, 5) is 67.2. The number of ketones is 1. The van der Waals surface area contributed by atoms with E-state index in [1.807, 2.05) is 13.8 Å². The molecule has 222 valence electrons. The lowest BCUT2D eigenvalue weighted by Gasteiger charge is -2.34. The predicted octanol–water partition coefficient (Wildman–Crippen LogP) is 2.45. The molecule has 0 aromatic rings. The Morgan fingerprint density at radius 1 is 0.975 bits per heavy atom. The summed E-state index contributed by atoms with van der Waals surface area (Å²) in [6.45, 7) is 13.8. The summed E-state index contributed by atoms with van der Waals surface area (Å²) in [5.74, 6) is -1.99. The molecule has 40 heavy (non-hydrogen) atoms. The number of urea groups is 1. The number of hydrogen-bond donors (Lipinski definition) is 4. The Labute approximate surface area is 238 Å². The average Bonchev–Trinajstić information content (AvgIpc) is 3.36. The number of piperidine rings is 1. The third-order valence-corrected chi connectivity index (χ3v) is 8.61. The smallest absolute Gasteiger partial charge is 0.315 e. The lowest BCUT2D eigenvalue weighted by atomic mass is 9.95. The summed E-state index contributed by atoms with van der Waals surface area (Å²) in [5, 5.41) is 11.2. The molecule has 10 nitrogen and oxygen atoms in total. The number of nitrogens with zero attached hydrogens (tertiary/aromatic N) is 1. The maximum absolute atomic E-state index is 13.8. The van der Waals surface area contributed by atoms with E-state index in [1.54, 1.807) is 17.1 Å². The van der Waals surface area contributed by atoms with Gasteiger partial charge in [0.2, 0.25) is 17.6 Å². The SMILES string of the molecule is C=CCCNC(=O)C(=O)[C@@H](CCC=C)NC(=O)[C@@H]1C2[C@@H](C)[C@H]2CN1C(=O)[C@@H](NC(=O)NC1CCCCC1)C(C)C. The van der Waals surface area contributed by atoms with E-state index in [4.69, 9.17) is 0 Å². The molecule has 0 spiro atoms. The van der Waals surface area contributed by atoms with Gasteiger partial charge < -0.3 is 26.2 Å². The van der Waals surface area contributed by atoms with Crippen molar-refractivity contribution < 1.29 is 24.0 Å². The van der Waals surface area contributed by atoms with E-state index in [-0.39, 0.29) is 54.6 Å². The minimum absolute atomic E-state index is 0.0237. The molecule has 4 N–H and O–H groups in total. The van der Waals surface area contributed by atoms with Gasteiger partial charge in [-0.2, -0.15) is 0 Å². The largest absolute Gasteiger partial charge is 0.349 e. The molecule has 1 saturated heterocycles. The summed E-state index contributed by atoms with van der Waals surface area (Å²) in [5.41, 5.74) is 0. The zero-order valence-corrected chi connectivity index (χ0v) is 24.2. The van der Waals surface area contributed by atoms with E-state index >= 15 is 0 Å². The third-order valence-electron chi connectivity index (χ3n) is 8.61. The molecule has 10 heteroatoms. The highest BCUT2D eigenvalue weighted by Gasteiger charge is 2.63. The van der Waals surface area contributed by atoms with Gasteiger partial charge in [0.25, 0.3) is 5.91 Å². The standard InChI is InChI=1S/C30H47N5O5/c1-6-8-15-22(26(36)28(38)31-16-9-7-2)33-27(37)25-23-19(5)21(23)17-35(25)29(39)24(18(3)4)34-30(40)32-20-13-11-10-12-14-20/h6-7,18-25H,1-2,8-17H2,3-5H3,(H,31,38)(H,33,37)(H2,32,34,40)/t19-,21+,22+,23?,24-,25-/m0/s1. The highest BCUT2D eigenvalue weighted by molar-refractivity contribution is 6.38. The van der Waals surface area contributed by atoms with Crippen LogP contribution in [0.5, 0.6) is 0 Å². The molecule has 2 aliphatic carbocycles. The fourth-order valence-corrected chi connectivity index (χ4v) is 6.13. The van der Waals surface area contributed by atoms with E-state index in [0.717, 1.165) is 25.7 Å². The quantitative estimate of drug-likeness (QED) is 0.148. The molecule has 3 fully saturated rings. The Kier molecular flexibility index (Phi) is 11.3. The molecule has 1 unspecified atom stereocenters. The predicted molar refractivity (Wildman–Crippen MR) is 153 cm³/mol. The van der Waals surface area contributed by atoms with Gasteiger partial charge in [-0.15, -0.1) is 13.2 Å². The monoisotopic (exact) mass is 557 g/mol. The molecule has 0 bridgehead atoms. The molecule has 6 atom stereocenters. The zero-order chi connectivity index (χ0) is 29.4. The number of Topliss-reactive ketones (excluding diaryl/α,β-unsaturated/α-hetero) is 1. The van der Waals surface area contributed by atoms with E-state index in [0.29, 0.717) is 19.4 Å². The second kappa shape index (κ2) is 14.5. The van der Waals surface area contributed by atoms with E-state index in [1.165, 1.54) is 6.42 Å². The first kappa shape index (κ1) is 31.4. The van der Waals surface area contributed by atoms with Crippen LogP contribution in [0.2, 0.25) is 0 Å². The van der Waals surface area contributed by atoms with Crippen LogP contribution in [0.3, 0.4) is 0 Å². The molecule has 0 radical (unpaired) electrons. The van der Waals surface area contributed by atoms with Crippen LogP contribution < -0.4 is 21.3 Å². The molecule has 1 aliphatic heterocycles. The summed E-state index contributed by atoms with van der Waals surface area (Å²) in [7, 11) is 0.